The van der Waals surface area contributed by atoms with Crippen LogP contribution in [0.3, 0.4) is 0 Å². The van der Waals surface area contributed by atoms with Crippen molar-refractivity contribution in [3.05, 3.63) is 96.1 Å². The van der Waals surface area contributed by atoms with Crippen LogP contribution in [0.2, 0.25) is 0 Å². The second-order valence-electron chi connectivity index (χ2n) is 7.05. The average molecular weight is 394 g/mol. The van der Waals surface area contributed by atoms with Crippen molar-refractivity contribution in [3.8, 4) is 28.3 Å². The van der Waals surface area contributed by atoms with Gasteiger partial charge in [0.25, 0.3) is 0 Å². The van der Waals surface area contributed by atoms with Crippen molar-refractivity contribution in [2.75, 3.05) is 5.43 Å². The molecule has 0 amide bonds. The molecule has 0 spiro atoms. The number of hydrogen-bond acceptors (Lipinski definition) is 5. The molecule has 1 aromatic heterocycles. The van der Waals surface area contributed by atoms with Gasteiger partial charge >= 0.3 is 0 Å². The smallest absolute Gasteiger partial charge is 0.244 e. The number of anilines is 1. The molecule has 4 aromatic rings. The van der Waals surface area contributed by atoms with Crippen molar-refractivity contribution in [3.63, 3.8) is 0 Å². The van der Waals surface area contributed by atoms with Crippen molar-refractivity contribution < 1.29 is 5.11 Å². The van der Waals surface area contributed by atoms with E-state index in [1.165, 1.54) is 5.56 Å². The Morgan fingerprint density at radius 1 is 0.800 bits per heavy atom. The maximum Gasteiger partial charge on any atom is 0.244 e. The van der Waals surface area contributed by atoms with Crippen LogP contribution >= 0.6 is 0 Å². The monoisotopic (exact) mass is 394 g/mol. The molecule has 0 aliphatic carbocycles. The maximum absolute atomic E-state index is 9.47. The lowest BCUT2D eigenvalue weighted by atomic mass is 10.1. The van der Waals surface area contributed by atoms with Crippen LogP contribution in [0.15, 0.2) is 90.0 Å². The largest absolute Gasteiger partial charge is 0.508 e. The van der Waals surface area contributed by atoms with E-state index in [1.54, 1.807) is 12.1 Å². The van der Waals surface area contributed by atoms with Gasteiger partial charge in [0.2, 0.25) is 5.95 Å². The molecular formula is C25H22N4O. The molecule has 0 saturated carbocycles. The summed E-state index contributed by atoms with van der Waals surface area (Å²) in [5.41, 5.74) is 9.53. The standard InChI is InChI=1S/C25H22N4O/c1-17-8-10-21(11-9-17)24-16-23(20-6-4-3-5-7-20)26-25(27-24)29-28-18(2)19-12-14-22(30)15-13-19/h3-16,30H,1-2H3,(H,26,27,29)/b28-18+. The van der Waals surface area contributed by atoms with Gasteiger partial charge in [0.15, 0.2) is 0 Å². The quantitative estimate of drug-likeness (QED) is 0.338. The van der Waals surface area contributed by atoms with Crippen LogP contribution in [0, 0.1) is 6.92 Å². The summed E-state index contributed by atoms with van der Waals surface area (Å²) < 4.78 is 0. The highest BCUT2D eigenvalue weighted by Crippen LogP contribution is 2.25. The third kappa shape index (κ3) is 4.52. The number of nitrogens with one attached hydrogen (secondary N) is 1. The van der Waals surface area contributed by atoms with Crippen molar-refractivity contribution in [1.29, 1.82) is 0 Å². The summed E-state index contributed by atoms with van der Waals surface area (Å²) in [6.07, 6.45) is 0. The molecule has 0 saturated heterocycles. The number of nitrogens with zero attached hydrogens (tertiary/aromatic N) is 3. The molecule has 148 valence electrons. The SMILES string of the molecule is C/C(=N\Nc1nc(-c2ccccc2)cc(-c2ccc(C)cc2)n1)c1ccc(O)cc1. The third-order valence-corrected chi connectivity index (χ3v) is 4.75. The van der Waals surface area contributed by atoms with Gasteiger partial charge in [0.1, 0.15) is 5.75 Å². The molecule has 0 aliphatic heterocycles. The normalized spacial score (nSPS) is 11.3. The summed E-state index contributed by atoms with van der Waals surface area (Å²) in [5.74, 6) is 0.645. The van der Waals surface area contributed by atoms with E-state index in [0.29, 0.717) is 5.95 Å². The summed E-state index contributed by atoms with van der Waals surface area (Å²) >= 11 is 0. The summed E-state index contributed by atoms with van der Waals surface area (Å²) in [5, 5.41) is 13.9. The lowest BCUT2D eigenvalue weighted by Gasteiger charge is -2.09. The topological polar surface area (TPSA) is 70.4 Å². The van der Waals surface area contributed by atoms with Crippen LogP contribution in [0.4, 0.5) is 5.95 Å². The molecule has 4 rings (SSSR count). The van der Waals surface area contributed by atoms with E-state index in [4.69, 9.17) is 0 Å². The molecule has 2 N–H and O–H groups in total. The van der Waals surface area contributed by atoms with E-state index >= 15 is 0 Å². The Morgan fingerprint density at radius 2 is 1.40 bits per heavy atom. The summed E-state index contributed by atoms with van der Waals surface area (Å²) in [6, 6.07) is 27.1. The predicted octanol–water partition coefficient (Wildman–Crippen LogP) is 5.66. The predicted molar refractivity (Wildman–Crippen MR) is 122 cm³/mol. The first-order valence-corrected chi connectivity index (χ1v) is 9.70. The second kappa shape index (κ2) is 8.57. The zero-order chi connectivity index (χ0) is 20.9. The average Bonchev–Trinajstić information content (AvgIpc) is 2.79. The van der Waals surface area contributed by atoms with Gasteiger partial charge in [-0.2, -0.15) is 5.10 Å². The van der Waals surface area contributed by atoms with E-state index in [1.807, 2.05) is 55.5 Å². The van der Waals surface area contributed by atoms with Gasteiger partial charge in [-0.3, -0.25) is 0 Å². The van der Waals surface area contributed by atoms with Gasteiger partial charge in [0, 0.05) is 11.1 Å². The molecule has 30 heavy (non-hydrogen) atoms. The number of phenolic OH excluding ortho intramolecular Hbond substituents is 1. The van der Waals surface area contributed by atoms with Gasteiger partial charge in [-0.15, -0.1) is 0 Å². The van der Waals surface area contributed by atoms with E-state index in [2.05, 4.69) is 51.7 Å². The van der Waals surface area contributed by atoms with E-state index in [9.17, 15) is 5.11 Å². The Balaban J connectivity index is 1.71. The fourth-order valence-electron chi connectivity index (χ4n) is 3.03. The van der Waals surface area contributed by atoms with Crippen molar-refractivity contribution in [2.24, 2.45) is 5.10 Å². The van der Waals surface area contributed by atoms with Crippen molar-refractivity contribution in [1.82, 2.24) is 9.97 Å². The van der Waals surface area contributed by atoms with Crippen LogP contribution < -0.4 is 5.43 Å². The summed E-state index contributed by atoms with van der Waals surface area (Å²) in [6.45, 7) is 3.95. The molecule has 5 heteroatoms. The summed E-state index contributed by atoms with van der Waals surface area (Å²) in [7, 11) is 0. The highest BCUT2D eigenvalue weighted by molar-refractivity contribution is 5.99. The van der Waals surface area contributed by atoms with Gasteiger partial charge in [0.05, 0.1) is 17.1 Å². The number of aromatic nitrogens is 2. The second-order valence-corrected chi connectivity index (χ2v) is 7.05. The molecule has 0 fully saturated rings. The number of rotatable bonds is 5. The Morgan fingerprint density at radius 3 is 2.03 bits per heavy atom. The lowest BCUT2D eigenvalue weighted by molar-refractivity contribution is 0.475. The molecule has 0 unspecified atom stereocenters. The van der Waals surface area contributed by atoms with Crippen LogP contribution in [-0.4, -0.2) is 20.8 Å². The van der Waals surface area contributed by atoms with E-state index < -0.39 is 0 Å². The molecule has 3 aromatic carbocycles. The first-order chi connectivity index (χ1) is 14.6. The van der Waals surface area contributed by atoms with Gasteiger partial charge in [-0.05, 0) is 49.7 Å². The van der Waals surface area contributed by atoms with Crippen molar-refractivity contribution >= 4 is 11.7 Å². The summed E-state index contributed by atoms with van der Waals surface area (Å²) in [4.78, 5) is 9.33. The van der Waals surface area contributed by atoms with Gasteiger partial charge in [-0.25, -0.2) is 15.4 Å². The Bertz CT molecular complexity index is 1170. The van der Waals surface area contributed by atoms with E-state index in [-0.39, 0.29) is 5.75 Å². The van der Waals surface area contributed by atoms with Crippen LogP contribution in [0.25, 0.3) is 22.5 Å². The number of hydrogen-bond donors (Lipinski definition) is 2. The minimum atomic E-state index is 0.223. The number of phenols is 1. The molecule has 1 heterocycles. The molecule has 0 bridgehead atoms. The van der Waals surface area contributed by atoms with Crippen LogP contribution in [0.1, 0.15) is 18.1 Å². The van der Waals surface area contributed by atoms with Gasteiger partial charge < -0.3 is 5.11 Å². The number of aryl methyl sites for hydroxylation is 1. The molecule has 0 aliphatic rings. The first-order valence-electron chi connectivity index (χ1n) is 9.70. The lowest BCUT2D eigenvalue weighted by Crippen LogP contribution is -2.04. The number of benzene rings is 3. The zero-order valence-corrected chi connectivity index (χ0v) is 16.9. The molecule has 5 nitrogen and oxygen atoms in total. The Kier molecular flexibility index (Phi) is 5.52. The van der Waals surface area contributed by atoms with Crippen molar-refractivity contribution in [2.45, 2.75) is 13.8 Å². The fourth-order valence-corrected chi connectivity index (χ4v) is 3.03. The third-order valence-electron chi connectivity index (χ3n) is 4.75. The maximum atomic E-state index is 9.47. The zero-order valence-electron chi connectivity index (χ0n) is 16.9. The number of hydrazone groups is 1. The van der Waals surface area contributed by atoms with Crippen LogP contribution in [0.5, 0.6) is 5.75 Å². The minimum absolute atomic E-state index is 0.223. The fraction of sp³-hybridized carbons (Fsp3) is 0.0800. The highest BCUT2D eigenvalue weighted by atomic mass is 16.3. The Hall–Kier alpha value is -3.99. The first kappa shape index (κ1) is 19.3. The van der Waals surface area contributed by atoms with E-state index in [0.717, 1.165) is 33.8 Å². The van der Waals surface area contributed by atoms with Crippen LogP contribution in [-0.2, 0) is 0 Å². The molecule has 0 radical (unpaired) electrons. The minimum Gasteiger partial charge on any atom is -0.508 e. The Labute approximate surface area is 175 Å². The van der Waals surface area contributed by atoms with Gasteiger partial charge in [-0.1, -0.05) is 60.2 Å². The highest BCUT2D eigenvalue weighted by Gasteiger charge is 2.09. The number of aromatic hydroxyl groups is 1. The molecular weight excluding hydrogens is 372 g/mol. The molecule has 0 atom stereocenters.